The van der Waals surface area contributed by atoms with Gasteiger partial charge in [-0.2, -0.15) is 0 Å². The predicted molar refractivity (Wildman–Crippen MR) is 122 cm³/mol. The molecule has 166 valence electrons. The Morgan fingerprint density at radius 3 is 1.56 bits per heavy atom. The third kappa shape index (κ3) is 6.07. The Bertz CT molecular complexity index is 988. The van der Waals surface area contributed by atoms with Crippen molar-refractivity contribution in [2.45, 2.75) is 12.8 Å². The number of carbonyl (C=O) groups is 2. The molecule has 2 N–H and O–H groups in total. The molecule has 1 heterocycles. The molecule has 0 bridgehead atoms. The summed E-state index contributed by atoms with van der Waals surface area (Å²) in [6.07, 6.45) is 1.25. The quantitative estimate of drug-likeness (QED) is 0.513. The van der Waals surface area contributed by atoms with Crippen LogP contribution >= 0.6 is 0 Å². The number of rotatable bonds is 10. The summed E-state index contributed by atoms with van der Waals surface area (Å²) in [6, 6.07) is 20.2. The number of benzene rings is 2. The second-order valence-electron chi connectivity index (χ2n) is 7.04. The van der Waals surface area contributed by atoms with E-state index in [1.54, 1.807) is 32.4 Å². The van der Waals surface area contributed by atoms with E-state index in [1.165, 1.54) is 0 Å². The molecule has 0 spiro atoms. The standard InChI is InChI=1S/C25H27N3O4/c1-31-22-12-5-3-8-18(22)14-16-26-24(29)20-10-7-11-21(28-20)25(30)27-17-15-19-9-4-6-13-23(19)32-2/h3-13H,14-17H2,1-2H3,(H,26,29)(H,27,30). The first-order chi connectivity index (χ1) is 15.6. The van der Waals surface area contributed by atoms with Crippen molar-refractivity contribution in [3.05, 3.63) is 89.2 Å². The van der Waals surface area contributed by atoms with Crippen LogP contribution < -0.4 is 20.1 Å². The van der Waals surface area contributed by atoms with Crippen LogP contribution in [0.4, 0.5) is 0 Å². The van der Waals surface area contributed by atoms with Crippen LogP contribution in [-0.4, -0.2) is 44.1 Å². The van der Waals surface area contributed by atoms with E-state index in [-0.39, 0.29) is 23.2 Å². The van der Waals surface area contributed by atoms with Gasteiger partial charge in [0.1, 0.15) is 22.9 Å². The highest BCUT2D eigenvalue weighted by Crippen LogP contribution is 2.18. The van der Waals surface area contributed by atoms with Gasteiger partial charge in [-0.25, -0.2) is 4.98 Å². The number of ether oxygens (including phenoxy) is 2. The highest BCUT2D eigenvalue weighted by atomic mass is 16.5. The average Bonchev–Trinajstić information content (AvgIpc) is 2.84. The van der Waals surface area contributed by atoms with Gasteiger partial charge in [0.25, 0.3) is 11.8 Å². The Morgan fingerprint density at radius 2 is 1.12 bits per heavy atom. The molecule has 7 heteroatoms. The summed E-state index contributed by atoms with van der Waals surface area (Å²) in [7, 11) is 3.24. The molecule has 3 aromatic rings. The zero-order valence-electron chi connectivity index (χ0n) is 18.3. The summed E-state index contributed by atoms with van der Waals surface area (Å²) < 4.78 is 10.7. The van der Waals surface area contributed by atoms with Crippen molar-refractivity contribution in [2.75, 3.05) is 27.3 Å². The van der Waals surface area contributed by atoms with Gasteiger partial charge in [-0.05, 0) is 48.2 Å². The Kier molecular flexibility index (Phi) is 8.20. The minimum atomic E-state index is -0.330. The summed E-state index contributed by atoms with van der Waals surface area (Å²) >= 11 is 0. The fourth-order valence-electron chi connectivity index (χ4n) is 3.31. The SMILES string of the molecule is COc1ccccc1CCNC(=O)c1cccc(C(=O)NCCc2ccccc2OC)n1. The molecule has 0 aliphatic heterocycles. The largest absolute Gasteiger partial charge is 0.496 e. The second kappa shape index (κ2) is 11.5. The van der Waals surface area contributed by atoms with Gasteiger partial charge in [0.05, 0.1) is 14.2 Å². The maximum atomic E-state index is 12.5. The molecule has 1 aromatic heterocycles. The lowest BCUT2D eigenvalue weighted by Gasteiger charge is -2.10. The van der Waals surface area contributed by atoms with Crippen molar-refractivity contribution in [3.8, 4) is 11.5 Å². The monoisotopic (exact) mass is 433 g/mol. The second-order valence-corrected chi connectivity index (χ2v) is 7.04. The Labute approximate surface area is 187 Å². The molecule has 32 heavy (non-hydrogen) atoms. The van der Waals surface area contributed by atoms with Crippen molar-refractivity contribution in [2.24, 2.45) is 0 Å². The van der Waals surface area contributed by atoms with Crippen molar-refractivity contribution >= 4 is 11.8 Å². The van der Waals surface area contributed by atoms with Gasteiger partial charge in [-0.3, -0.25) is 9.59 Å². The lowest BCUT2D eigenvalue weighted by molar-refractivity contribution is 0.0945. The van der Waals surface area contributed by atoms with Crippen molar-refractivity contribution < 1.29 is 19.1 Å². The molecule has 0 atom stereocenters. The van der Waals surface area contributed by atoms with Gasteiger partial charge in [0.2, 0.25) is 0 Å². The zero-order chi connectivity index (χ0) is 22.8. The van der Waals surface area contributed by atoms with Gasteiger partial charge >= 0.3 is 0 Å². The highest BCUT2D eigenvalue weighted by molar-refractivity contribution is 5.96. The predicted octanol–water partition coefficient (Wildman–Crippen LogP) is 3.04. The minimum Gasteiger partial charge on any atom is -0.496 e. The summed E-state index contributed by atoms with van der Waals surface area (Å²) in [4.78, 5) is 29.2. The molecular formula is C25H27N3O4. The minimum absolute atomic E-state index is 0.197. The molecule has 0 radical (unpaired) electrons. The number of hydrogen-bond donors (Lipinski definition) is 2. The van der Waals surface area contributed by atoms with Crippen molar-refractivity contribution in [3.63, 3.8) is 0 Å². The van der Waals surface area contributed by atoms with Gasteiger partial charge in [-0.15, -0.1) is 0 Å². The van der Waals surface area contributed by atoms with E-state index in [1.807, 2.05) is 48.5 Å². The van der Waals surface area contributed by atoms with Gasteiger partial charge in [0.15, 0.2) is 0 Å². The maximum absolute atomic E-state index is 12.5. The number of nitrogens with zero attached hydrogens (tertiary/aromatic N) is 1. The summed E-state index contributed by atoms with van der Waals surface area (Å²) in [5.41, 5.74) is 2.41. The molecular weight excluding hydrogens is 406 g/mol. The van der Waals surface area contributed by atoms with Crippen LogP contribution in [0.2, 0.25) is 0 Å². The van der Waals surface area contributed by atoms with Gasteiger partial charge in [0, 0.05) is 13.1 Å². The fraction of sp³-hybridized carbons (Fsp3) is 0.240. The maximum Gasteiger partial charge on any atom is 0.269 e. The van der Waals surface area contributed by atoms with Crippen molar-refractivity contribution in [1.82, 2.24) is 15.6 Å². The van der Waals surface area contributed by atoms with E-state index in [0.717, 1.165) is 22.6 Å². The smallest absolute Gasteiger partial charge is 0.269 e. The van der Waals surface area contributed by atoms with E-state index in [9.17, 15) is 9.59 Å². The van der Waals surface area contributed by atoms with E-state index in [4.69, 9.17) is 9.47 Å². The first-order valence-corrected chi connectivity index (χ1v) is 10.4. The fourth-order valence-corrected chi connectivity index (χ4v) is 3.31. The number of carbonyl (C=O) groups excluding carboxylic acids is 2. The lowest BCUT2D eigenvalue weighted by atomic mass is 10.1. The number of nitrogens with one attached hydrogen (secondary N) is 2. The van der Waals surface area contributed by atoms with Gasteiger partial charge in [-0.1, -0.05) is 42.5 Å². The molecule has 0 aliphatic rings. The normalized spacial score (nSPS) is 10.3. The van der Waals surface area contributed by atoms with Crippen LogP contribution in [-0.2, 0) is 12.8 Å². The lowest BCUT2D eigenvalue weighted by Crippen LogP contribution is -2.29. The molecule has 0 aliphatic carbocycles. The Balaban J connectivity index is 1.52. The number of amides is 2. The van der Waals surface area contributed by atoms with Crippen LogP contribution in [0.1, 0.15) is 32.1 Å². The summed E-state index contributed by atoms with van der Waals surface area (Å²) in [6.45, 7) is 0.854. The number of para-hydroxylation sites is 2. The van der Waals surface area contributed by atoms with E-state index >= 15 is 0 Å². The number of pyridine rings is 1. The van der Waals surface area contributed by atoms with Crippen LogP contribution in [0.3, 0.4) is 0 Å². The molecule has 2 amide bonds. The number of hydrogen-bond acceptors (Lipinski definition) is 5. The van der Waals surface area contributed by atoms with E-state index in [2.05, 4.69) is 15.6 Å². The number of aromatic nitrogens is 1. The summed E-state index contributed by atoms with van der Waals surface area (Å²) in [5.74, 6) is 0.908. The van der Waals surface area contributed by atoms with Crippen molar-refractivity contribution in [1.29, 1.82) is 0 Å². The highest BCUT2D eigenvalue weighted by Gasteiger charge is 2.13. The van der Waals surface area contributed by atoms with Crippen LogP contribution in [0.15, 0.2) is 66.7 Å². The Hall–Kier alpha value is -3.87. The molecule has 0 fully saturated rings. The molecule has 3 rings (SSSR count). The van der Waals surface area contributed by atoms with E-state index in [0.29, 0.717) is 25.9 Å². The van der Waals surface area contributed by atoms with Crippen LogP contribution in [0.5, 0.6) is 11.5 Å². The van der Waals surface area contributed by atoms with E-state index < -0.39 is 0 Å². The average molecular weight is 434 g/mol. The van der Waals surface area contributed by atoms with Gasteiger partial charge < -0.3 is 20.1 Å². The third-order valence-corrected chi connectivity index (χ3v) is 4.96. The molecule has 0 saturated heterocycles. The molecule has 0 saturated carbocycles. The van der Waals surface area contributed by atoms with Crippen LogP contribution in [0.25, 0.3) is 0 Å². The molecule has 2 aromatic carbocycles. The first kappa shape index (κ1) is 22.8. The summed E-state index contributed by atoms with van der Waals surface area (Å²) in [5, 5.41) is 5.68. The first-order valence-electron chi connectivity index (χ1n) is 10.4. The third-order valence-electron chi connectivity index (χ3n) is 4.96. The van der Waals surface area contributed by atoms with Crippen LogP contribution in [0, 0.1) is 0 Å². The Morgan fingerprint density at radius 1 is 0.688 bits per heavy atom. The zero-order valence-corrected chi connectivity index (χ0v) is 18.3. The number of methoxy groups -OCH3 is 2. The molecule has 7 nitrogen and oxygen atoms in total. The molecule has 0 unspecified atom stereocenters. The topological polar surface area (TPSA) is 89.5 Å².